The fourth-order valence-corrected chi connectivity index (χ4v) is 3.85. The topological polar surface area (TPSA) is 70.4 Å². The molecule has 1 fully saturated rings. The minimum absolute atomic E-state index is 0.469. The fraction of sp³-hybridized carbons (Fsp3) is 0.458. The SMILES string of the molecule is CCn1nc(/C=C(\C)COCc2ccccc2)c(CC2(C=O)CCOCC2)c1C=O. The molecule has 1 aromatic carbocycles. The lowest BCUT2D eigenvalue weighted by atomic mass is 9.76. The van der Waals surface area contributed by atoms with Crippen molar-refractivity contribution in [2.45, 2.75) is 46.3 Å². The standard InChI is InChI=1S/C24H30N2O4/c1-3-26-23(15-27)21(14-24(18-28)9-11-29-12-10-24)22(25-26)13-19(2)16-30-17-20-7-5-4-6-8-20/h4-8,13,15,18H,3,9-12,14,16-17H2,1-2H3/b19-13+. The van der Waals surface area contributed by atoms with Crippen LogP contribution in [0.4, 0.5) is 0 Å². The van der Waals surface area contributed by atoms with E-state index in [1.54, 1.807) is 4.68 Å². The molecule has 1 aromatic heterocycles. The second-order valence-corrected chi connectivity index (χ2v) is 7.92. The van der Waals surface area contributed by atoms with Gasteiger partial charge in [0.2, 0.25) is 0 Å². The minimum Gasteiger partial charge on any atom is -0.381 e. The average molecular weight is 411 g/mol. The summed E-state index contributed by atoms with van der Waals surface area (Å²) in [5, 5.41) is 4.64. The molecule has 2 heterocycles. The first-order valence-corrected chi connectivity index (χ1v) is 10.5. The maximum Gasteiger partial charge on any atom is 0.168 e. The first kappa shape index (κ1) is 22.1. The molecular weight excluding hydrogens is 380 g/mol. The number of aryl methyl sites for hydroxylation is 1. The zero-order valence-corrected chi connectivity index (χ0v) is 17.8. The van der Waals surface area contributed by atoms with E-state index in [1.807, 2.05) is 50.3 Å². The molecule has 0 bridgehead atoms. The van der Waals surface area contributed by atoms with E-state index < -0.39 is 5.41 Å². The number of hydrogen-bond donors (Lipinski definition) is 0. The first-order valence-electron chi connectivity index (χ1n) is 10.5. The summed E-state index contributed by atoms with van der Waals surface area (Å²) in [6, 6.07) is 10.0. The number of nitrogens with zero attached hydrogens (tertiary/aromatic N) is 2. The third kappa shape index (κ3) is 5.32. The van der Waals surface area contributed by atoms with Crippen molar-refractivity contribution in [2.75, 3.05) is 19.8 Å². The molecule has 0 radical (unpaired) electrons. The highest BCUT2D eigenvalue weighted by molar-refractivity contribution is 5.78. The highest BCUT2D eigenvalue weighted by atomic mass is 16.5. The molecule has 160 valence electrons. The molecule has 2 aromatic rings. The van der Waals surface area contributed by atoms with E-state index >= 15 is 0 Å². The number of aromatic nitrogens is 2. The molecular formula is C24H30N2O4. The van der Waals surface area contributed by atoms with E-state index in [2.05, 4.69) is 5.10 Å². The van der Waals surface area contributed by atoms with Crippen LogP contribution in [0.1, 0.15) is 54.0 Å². The van der Waals surface area contributed by atoms with Gasteiger partial charge in [-0.2, -0.15) is 5.10 Å². The van der Waals surface area contributed by atoms with E-state index in [-0.39, 0.29) is 0 Å². The van der Waals surface area contributed by atoms with Crippen LogP contribution in [-0.4, -0.2) is 42.2 Å². The number of aldehydes is 2. The third-order valence-corrected chi connectivity index (χ3v) is 5.63. The summed E-state index contributed by atoms with van der Waals surface area (Å²) in [5.74, 6) is 0. The normalized spacial score (nSPS) is 16.4. The zero-order valence-electron chi connectivity index (χ0n) is 17.8. The van der Waals surface area contributed by atoms with Crippen molar-refractivity contribution in [3.63, 3.8) is 0 Å². The van der Waals surface area contributed by atoms with Gasteiger partial charge in [0.1, 0.15) is 12.0 Å². The van der Waals surface area contributed by atoms with Crippen LogP contribution in [0.3, 0.4) is 0 Å². The quantitative estimate of drug-likeness (QED) is 0.556. The van der Waals surface area contributed by atoms with Gasteiger partial charge in [0, 0.05) is 30.7 Å². The van der Waals surface area contributed by atoms with E-state index in [4.69, 9.17) is 9.47 Å². The summed E-state index contributed by atoms with van der Waals surface area (Å²) in [6.07, 6.45) is 5.68. The lowest BCUT2D eigenvalue weighted by molar-refractivity contribution is -0.121. The largest absolute Gasteiger partial charge is 0.381 e. The van der Waals surface area contributed by atoms with E-state index in [9.17, 15) is 9.59 Å². The van der Waals surface area contributed by atoms with Crippen LogP contribution < -0.4 is 0 Å². The van der Waals surface area contributed by atoms with Crippen molar-refractivity contribution < 1.29 is 19.1 Å². The molecule has 30 heavy (non-hydrogen) atoms. The van der Waals surface area contributed by atoms with Gasteiger partial charge in [-0.3, -0.25) is 9.48 Å². The fourth-order valence-electron chi connectivity index (χ4n) is 3.85. The lowest BCUT2D eigenvalue weighted by Crippen LogP contribution is -2.33. The van der Waals surface area contributed by atoms with Crippen LogP contribution in [0.15, 0.2) is 35.9 Å². The molecule has 1 aliphatic heterocycles. The van der Waals surface area contributed by atoms with Gasteiger partial charge in [-0.25, -0.2) is 0 Å². The highest BCUT2D eigenvalue weighted by Gasteiger charge is 2.35. The van der Waals surface area contributed by atoms with Gasteiger partial charge in [-0.05, 0) is 50.3 Å². The van der Waals surface area contributed by atoms with Crippen molar-refractivity contribution in [3.8, 4) is 0 Å². The van der Waals surface area contributed by atoms with Gasteiger partial charge in [-0.1, -0.05) is 30.3 Å². The Bertz CT molecular complexity index is 880. The van der Waals surface area contributed by atoms with E-state index in [0.29, 0.717) is 57.9 Å². The molecule has 6 nitrogen and oxygen atoms in total. The smallest absolute Gasteiger partial charge is 0.168 e. The van der Waals surface area contributed by atoms with Crippen LogP contribution in [0, 0.1) is 5.41 Å². The predicted molar refractivity (Wildman–Crippen MR) is 115 cm³/mol. The Labute approximate surface area is 177 Å². The number of carbonyl (C=O) groups excluding carboxylic acids is 2. The lowest BCUT2D eigenvalue weighted by Gasteiger charge is -2.32. The summed E-state index contributed by atoms with van der Waals surface area (Å²) in [5.41, 5.74) is 3.76. The molecule has 6 heteroatoms. The Hall–Kier alpha value is -2.57. The number of hydrogen-bond acceptors (Lipinski definition) is 5. The molecule has 0 saturated carbocycles. The monoisotopic (exact) mass is 410 g/mol. The third-order valence-electron chi connectivity index (χ3n) is 5.63. The number of rotatable bonds is 10. The van der Waals surface area contributed by atoms with Crippen LogP contribution in [-0.2, 0) is 33.8 Å². The van der Waals surface area contributed by atoms with Crippen LogP contribution >= 0.6 is 0 Å². The van der Waals surface area contributed by atoms with Crippen LogP contribution in [0.5, 0.6) is 0 Å². The molecule has 0 atom stereocenters. The predicted octanol–water partition coefficient (Wildman–Crippen LogP) is 3.87. The molecule has 0 aliphatic carbocycles. The Morgan fingerprint density at radius 3 is 2.60 bits per heavy atom. The van der Waals surface area contributed by atoms with Crippen LogP contribution in [0.2, 0.25) is 0 Å². The van der Waals surface area contributed by atoms with Crippen LogP contribution in [0.25, 0.3) is 6.08 Å². The Balaban J connectivity index is 1.80. The van der Waals surface area contributed by atoms with Gasteiger partial charge in [0.25, 0.3) is 0 Å². The van der Waals surface area contributed by atoms with Gasteiger partial charge in [-0.15, -0.1) is 0 Å². The Morgan fingerprint density at radius 1 is 1.23 bits per heavy atom. The molecule has 1 aliphatic rings. The minimum atomic E-state index is -0.502. The summed E-state index contributed by atoms with van der Waals surface area (Å²) >= 11 is 0. The maximum absolute atomic E-state index is 12.0. The molecule has 0 spiro atoms. The molecule has 0 unspecified atom stereocenters. The Kier molecular flexibility index (Phi) is 7.71. The molecule has 0 N–H and O–H groups in total. The molecule has 3 rings (SSSR count). The van der Waals surface area contributed by atoms with Crippen molar-refractivity contribution in [1.82, 2.24) is 9.78 Å². The van der Waals surface area contributed by atoms with Gasteiger partial charge < -0.3 is 14.3 Å². The second-order valence-electron chi connectivity index (χ2n) is 7.92. The number of ether oxygens (including phenoxy) is 2. The Morgan fingerprint density at radius 2 is 1.97 bits per heavy atom. The number of carbonyl (C=O) groups is 2. The molecule has 0 amide bonds. The van der Waals surface area contributed by atoms with Crippen molar-refractivity contribution in [3.05, 3.63) is 58.4 Å². The van der Waals surface area contributed by atoms with Crippen molar-refractivity contribution >= 4 is 18.6 Å². The summed E-state index contributed by atoms with van der Waals surface area (Å²) < 4.78 is 13.0. The first-order chi connectivity index (χ1) is 14.6. The zero-order chi connectivity index (χ0) is 21.4. The van der Waals surface area contributed by atoms with Gasteiger partial charge >= 0.3 is 0 Å². The van der Waals surface area contributed by atoms with Gasteiger partial charge in [0.05, 0.1) is 18.9 Å². The van der Waals surface area contributed by atoms with E-state index in [1.165, 1.54) is 0 Å². The number of benzene rings is 1. The highest BCUT2D eigenvalue weighted by Crippen LogP contribution is 2.34. The maximum atomic E-state index is 12.0. The second kappa shape index (κ2) is 10.5. The molecule has 1 saturated heterocycles. The van der Waals surface area contributed by atoms with Crippen molar-refractivity contribution in [1.29, 1.82) is 0 Å². The van der Waals surface area contributed by atoms with Crippen molar-refractivity contribution in [2.24, 2.45) is 5.41 Å². The summed E-state index contributed by atoms with van der Waals surface area (Å²) in [4.78, 5) is 23.8. The average Bonchev–Trinajstić information content (AvgIpc) is 3.10. The van der Waals surface area contributed by atoms with E-state index in [0.717, 1.165) is 35.0 Å². The van der Waals surface area contributed by atoms with Gasteiger partial charge in [0.15, 0.2) is 6.29 Å². The summed E-state index contributed by atoms with van der Waals surface area (Å²) in [7, 11) is 0. The summed E-state index contributed by atoms with van der Waals surface area (Å²) in [6.45, 7) is 6.67.